The van der Waals surface area contributed by atoms with Gasteiger partial charge in [-0.1, -0.05) is 42.4 Å². The Morgan fingerprint density at radius 2 is 1.67 bits per heavy atom. The first kappa shape index (κ1) is 9.29. The summed E-state index contributed by atoms with van der Waals surface area (Å²) in [6.45, 7) is 2.49. The van der Waals surface area contributed by atoms with Gasteiger partial charge >= 0.3 is 0 Å². The molecule has 2 aliphatic carbocycles. The fraction of sp³-hybridized carbons (Fsp3) is 1.00. The average molecular weight is 278 g/mol. The Morgan fingerprint density at radius 1 is 1.08 bits per heavy atom. The van der Waals surface area contributed by atoms with E-state index in [1.807, 2.05) is 0 Å². The summed E-state index contributed by atoms with van der Waals surface area (Å²) < 4.78 is 1.40. The van der Waals surface area contributed by atoms with Crippen molar-refractivity contribution in [2.75, 3.05) is 4.43 Å². The van der Waals surface area contributed by atoms with E-state index < -0.39 is 0 Å². The van der Waals surface area contributed by atoms with E-state index in [1.54, 1.807) is 0 Å². The average Bonchev–Trinajstić information content (AvgIpc) is 2.62. The molecule has 1 heteroatoms. The number of hydrogen-bond acceptors (Lipinski definition) is 0. The molecule has 0 aromatic carbocycles. The summed E-state index contributed by atoms with van der Waals surface area (Å²) in [5.74, 6) is 0. The largest absolute Gasteiger partial charge is 0.0858 e. The van der Waals surface area contributed by atoms with E-state index in [-0.39, 0.29) is 0 Å². The first-order valence-electron chi connectivity index (χ1n) is 5.24. The van der Waals surface area contributed by atoms with Crippen molar-refractivity contribution >= 4 is 22.6 Å². The van der Waals surface area contributed by atoms with Gasteiger partial charge in [-0.25, -0.2) is 0 Å². The molecule has 0 bridgehead atoms. The third kappa shape index (κ3) is 1.80. The maximum Gasteiger partial charge on any atom is 0.00522 e. The molecule has 0 aliphatic heterocycles. The van der Waals surface area contributed by atoms with Crippen LogP contribution in [0.15, 0.2) is 0 Å². The molecule has 0 saturated heterocycles. The molecular weight excluding hydrogens is 259 g/mol. The fourth-order valence-electron chi connectivity index (χ4n) is 2.78. The van der Waals surface area contributed by atoms with E-state index in [4.69, 9.17) is 0 Å². The smallest absolute Gasteiger partial charge is 0.00522 e. The second-order valence-electron chi connectivity index (χ2n) is 5.33. The summed E-state index contributed by atoms with van der Waals surface area (Å²) in [4.78, 5) is 0. The molecule has 0 radical (unpaired) electrons. The van der Waals surface area contributed by atoms with Crippen molar-refractivity contribution in [2.24, 2.45) is 10.8 Å². The van der Waals surface area contributed by atoms with E-state index in [2.05, 4.69) is 29.5 Å². The molecule has 0 nitrogen and oxygen atoms in total. The van der Waals surface area contributed by atoms with Crippen LogP contribution in [0.2, 0.25) is 0 Å². The number of rotatable bonds is 3. The van der Waals surface area contributed by atoms with Gasteiger partial charge in [0.2, 0.25) is 0 Å². The van der Waals surface area contributed by atoms with Crippen LogP contribution in [0.25, 0.3) is 0 Å². The van der Waals surface area contributed by atoms with Gasteiger partial charge in [-0.05, 0) is 42.9 Å². The molecule has 0 unspecified atom stereocenters. The predicted octanol–water partition coefficient (Wildman–Crippen LogP) is 4.17. The molecule has 70 valence electrons. The van der Waals surface area contributed by atoms with Crippen molar-refractivity contribution in [3.05, 3.63) is 0 Å². The van der Waals surface area contributed by atoms with Crippen LogP contribution in [0.4, 0.5) is 0 Å². The maximum atomic E-state index is 2.61. The van der Waals surface area contributed by atoms with Gasteiger partial charge in [0, 0.05) is 4.43 Å². The van der Waals surface area contributed by atoms with Crippen molar-refractivity contribution in [2.45, 2.75) is 51.9 Å². The minimum atomic E-state index is 0.770. The second kappa shape index (κ2) is 3.14. The Bertz CT molecular complexity index is 164. The molecule has 0 heterocycles. The molecule has 0 amide bonds. The third-order valence-corrected chi connectivity index (χ3v) is 5.47. The molecular formula is C11H19I. The molecule has 12 heavy (non-hydrogen) atoms. The summed E-state index contributed by atoms with van der Waals surface area (Å²) in [5, 5.41) is 0. The van der Waals surface area contributed by atoms with Crippen LogP contribution in [0.3, 0.4) is 0 Å². The highest BCUT2D eigenvalue weighted by atomic mass is 127. The first-order chi connectivity index (χ1) is 5.68. The minimum absolute atomic E-state index is 0.770. The van der Waals surface area contributed by atoms with Crippen LogP contribution < -0.4 is 0 Å². The minimum Gasteiger partial charge on any atom is -0.0858 e. The van der Waals surface area contributed by atoms with Crippen LogP contribution in [-0.4, -0.2) is 4.43 Å². The van der Waals surface area contributed by atoms with Crippen molar-refractivity contribution in [3.8, 4) is 0 Å². The SMILES string of the molecule is CC1(CC2(CI)CCCC2)CC1. The van der Waals surface area contributed by atoms with Crippen LogP contribution in [-0.2, 0) is 0 Å². The molecule has 2 rings (SSSR count). The Morgan fingerprint density at radius 3 is 2.08 bits per heavy atom. The maximum absolute atomic E-state index is 2.61. The standard InChI is InChI=1S/C11H19I/c1-10(6-7-10)8-11(9-12)4-2-3-5-11/h2-9H2,1H3. The Kier molecular flexibility index (Phi) is 2.43. The van der Waals surface area contributed by atoms with E-state index in [1.165, 1.54) is 49.4 Å². The van der Waals surface area contributed by atoms with Crippen molar-refractivity contribution in [1.29, 1.82) is 0 Å². The highest BCUT2D eigenvalue weighted by molar-refractivity contribution is 14.1. The van der Waals surface area contributed by atoms with Crippen molar-refractivity contribution in [1.82, 2.24) is 0 Å². The van der Waals surface area contributed by atoms with Crippen LogP contribution in [0.1, 0.15) is 51.9 Å². The Labute approximate surface area is 89.6 Å². The van der Waals surface area contributed by atoms with Gasteiger partial charge < -0.3 is 0 Å². The second-order valence-corrected chi connectivity index (χ2v) is 6.09. The normalized spacial score (nSPS) is 30.5. The third-order valence-electron chi connectivity index (χ3n) is 3.85. The van der Waals surface area contributed by atoms with Gasteiger partial charge in [0.25, 0.3) is 0 Å². The van der Waals surface area contributed by atoms with E-state index >= 15 is 0 Å². The number of alkyl halides is 1. The molecule has 0 N–H and O–H groups in total. The molecule has 2 fully saturated rings. The van der Waals surface area contributed by atoms with Gasteiger partial charge in [-0.2, -0.15) is 0 Å². The topological polar surface area (TPSA) is 0 Å². The molecule has 0 aromatic heterocycles. The summed E-state index contributed by atoms with van der Waals surface area (Å²) in [6.07, 6.45) is 10.6. The van der Waals surface area contributed by atoms with Crippen molar-refractivity contribution < 1.29 is 0 Å². The highest BCUT2D eigenvalue weighted by Crippen LogP contribution is 2.57. The van der Waals surface area contributed by atoms with E-state index in [9.17, 15) is 0 Å². The van der Waals surface area contributed by atoms with E-state index in [0.717, 1.165) is 10.8 Å². The molecule has 0 spiro atoms. The zero-order chi connectivity index (χ0) is 8.66. The zero-order valence-corrected chi connectivity index (χ0v) is 10.2. The van der Waals surface area contributed by atoms with Gasteiger partial charge in [-0.15, -0.1) is 0 Å². The zero-order valence-electron chi connectivity index (χ0n) is 8.03. The number of hydrogen-bond donors (Lipinski definition) is 0. The Balaban J connectivity index is 1.97. The summed E-state index contributed by atoms with van der Waals surface area (Å²) >= 11 is 2.61. The summed E-state index contributed by atoms with van der Waals surface area (Å²) in [6, 6.07) is 0. The van der Waals surface area contributed by atoms with Crippen LogP contribution >= 0.6 is 22.6 Å². The van der Waals surface area contributed by atoms with Gasteiger partial charge in [0.05, 0.1) is 0 Å². The van der Waals surface area contributed by atoms with Gasteiger partial charge in [0.1, 0.15) is 0 Å². The highest BCUT2D eigenvalue weighted by Gasteiger charge is 2.45. The van der Waals surface area contributed by atoms with Crippen LogP contribution in [0.5, 0.6) is 0 Å². The number of halogens is 1. The molecule has 2 saturated carbocycles. The quantitative estimate of drug-likeness (QED) is 0.537. The summed E-state index contributed by atoms with van der Waals surface area (Å²) in [5.41, 5.74) is 1.54. The molecule has 2 aliphatic rings. The lowest BCUT2D eigenvalue weighted by Crippen LogP contribution is -2.21. The van der Waals surface area contributed by atoms with Gasteiger partial charge in [0.15, 0.2) is 0 Å². The van der Waals surface area contributed by atoms with Gasteiger partial charge in [-0.3, -0.25) is 0 Å². The van der Waals surface area contributed by atoms with E-state index in [0.29, 0.717) is 0 Å². The lowest BCUT2D eigenvalue weighted by atomic mass is 9.79. The fourth-order valence-corrected chi connectivity index (χ4v) is 3.81. The first-order valence-corrected chi connectivity index (χ1v) is 6.77. The summed E-state index contributed by atoms with van der Waals surface area (Å²) in [7, 11) is 0. The Hall–Kier alpha value is 0.730. The lowest BCUT2D eigenvalue weighted by Gasteiger charge is -2.29. The molecule has 0 aromatic rings. The molecule has 0 atom stereocenters. The van der Waals surface area contributed by atoms with Crippen LogP contribution in [0, 0.1) is 10.8 Å². The predicted molar refractivity (Wildman–Crippen MR) is 61.7 cm³/mol. The monoisotopic (exact) mass is 278 g/mol. The van der Waals surface area contributed by atoms with Crippen molar-refractivity contribution in [3.63, 3.8) is 0 Å². The lowest BCUT2D eigenvalue weighted by molar-refractivity contribution is 0.255.